The van der Waals surface area contributed by atoms with Gasteiger partial charge in [0, 0.05) is 12.4 Å². The second kappa shape index (κ2) is 4.97. The number of hydrogen-bond donors (Lipinski definition) is 0. The molecule has 1 aliphatic rings. The fourth-order valence-corrected chi connectivity index (χ4v) is 2.42. The van der Waals surface area contributed by atoms with Crippen molar-refractivity contribution >= 4 is 15.9 Å². The van der Waals surface area contributed by atoms with E-state index in [0.29, 0.717) is 12.0 Å². The van der Waals surface area contributed by atoms with Crippen molar-refractivity contribution in [1.82, 2.24) is 4.98 Å². The van der Waals surface area contributed by atoms with Gasteiger partial charge in [-0.1, -0.05) is 13.3 Å². The molecule has 0 aromatic carbocycles. The van der Waals surface area contributed by atoms with Crippen LogP contribution in [0.5, 0.6) is 5.75 Å². The maximum absolute atomic E-state index is 6.01. The minimum absolute atomic E-state index is 0.373. The van der Waals surface area contributed by atoms with Crippen LogP contribution in [-0.2, 0) is 0 Å². The summed E-state index contributed by atoms with van der Waals surface area (Å²) in [4.78, 5) is 4.03. The predicted molar refractivity (Wildman–Crippen MR) is 64.0 cm³/mol. The van der Waals surface area contributed by atoms with E-state index < -0.39 is 0 Å². The number of pyridine rings is 1. The highest BCUT2D eigenvalue weighted by Gasteiger charge is 2.23. The van der Waals surface area contributed by atoms with E-state index in [1.54, 1.807) is 12.4 Å². The average molecular weight is 270 g/mol. The van der Waals surface area contributed by atoms with E-state index >= 15 is 0 Å². The molecule has 15 heavy (non-hydrogen) atoms. The molecule has 0 spiro atoms. The zero-order valence-corrected chi connectivity index (χ0v) is 10.5. The van der Waals surface area contributed by atoms with Gasteiger partial charge in [0.15, 0.2) is 0 Å². The summed E-state index contributed by atoms with van der Waals surface area (Å²) in [6, 6.07) is 1.92. The van der Waals surface area contributed by atoms with Crippen LogP contribution in [-0.4, -0.2) is 11.1 Å². The van der Waals surface area contributed by atoms with Gasteiger partial charge in [0.05, 0.1) is 4.47 Å². The van der Waals surface area contributed by atoms with Gasteiger partial charge in [-0.25, -0.2) is 0 Å². The third-order valence-electron chi connectivity index (χ3n) is 3.05. The summed E-state index contributed by atoms with van der Waals surface area (Å²) in [7, 11) is 0. The van der Waals surface area contributed by atoms with Gasteiger partial charge in [-0.15, -0.1) is 0 Å². The Kier molecular flexibility index (Phi) is 3.62. The van der Waals surface area contributed by atoms with Crippen LogP contribution in [0.25, 0.3) is 0 Å². The molecule has 2 unspecified atom stereocenters. The molecule has 1 fully saturated rings. The first kappa shape index (κ1) is 10.9. The van der Waals surface area contributed by atoms with E-state index in [2.05, 4.69) is 27.8 Å². The van der Waals surface area contributed by atoms with Crippen molar-refractivity contribution in [3.8, 4) is 5.75 Å². The smallest absolute Gasteiger partial charge is 0.137 e. The maximum Gasteiger partial charge on any atom is 0.137 e. The van der Waals surface area contributed by atoms with Gasteiger partial charge < -0.3 is 4.74 Å². The van der Waals surface area contributed by atoms with E-state index in [4.69, 9.17) is 4.74 Å². The van der Waals surface area contributed by atoms with Crippen molar-refractivity contribution < 1.29 is 4.74 Å². The zero-order valence-electron chi connectivity index (χ0n) is 8.95. The summed E-state index contributed by atoms with van der Waals surface area (Å²) < 4.78 is 6.96. The van der Waals surface area contributed by atoms with Gasteiger partial charge in [-0.3, -0.25) is 4.98 Å². The van der Waals surface area contributed by atoms with E-state index in [1.165, 1.54) is 25.7 Å². The Morgan fingerprint density at radius 3 is 2.93 bits per heavy atom. The first-order valence-corrected chi connectivity index (χ1v) is 6.33. The summed E-state index contributed by atoms with van der Waals surface area (Å²) in [5.41, 5.74) is 0. The van der Waals surface area contributed by atoms with Crippen molar-refractivity contribution in [2.24, 2.45) is 5.92 Å². The highest BCUT2D eigenvalue weighted by molar-refractivity contribution is 9.10. The Morgan fingerprint density at radius 2 is 2.20 bits per heavy atom. The molecule has 1 aromatic rings. The molecule has 2 atom stereocenters. The van der Waals surface area contributed by atoms with Crippen LogP contribution in [0.15, 0.2) is 22.9 Å². The summed E-state index contributed by atoms with van der Waals surface area (Å²) >= 11 is 3.46. The van der Waals surface area contributed by atoms with E-state index in [9.17, 15) is 0 Å². The molecule has 82 valence electrons. The first-order valence-electron chi connectivity index (χ1n) is 5.53. The van der Waals surface area contributed by atoms with Gasteiger partial charge in [0.25, 0.3) is 0 Å². The van der Waals surface area contributed by atoms with Crippen molar-refractivity contribution in [1.29, 1.82) is 0 Å². The van der Waals surface area contributed by atoms with Crippen LogP contribution in [0, 0.1) is 5.92 Å². The highest BCUT2D eigenvalue weighted by atomic mass is 79.9. The monoisotopic (exact) mass is 269 g/mol. The lowest BCUT2D eigenvalue weighted by Gasteiger charge is -2.29. The predicted octanol–water partition coefficient (Wildman–Crippen LogP) is 3.80. The molecule has 0 radical (unpaired) electrons. The topological polar surface area (TPSA) is 22.1 Å². The van der Waals surface area contributed by atoms with Crippen LogP contribution in [0.2, 0.25) is 0 Å². The number of rotatable bonds is 2. The molecule has 2 rings (SSSR count). The van der Waals surface area contributed by atoms with Crippen molar-refractivity contribution in [2.75, 3.05) is 0 Å². The molecule has 0 bridgehead atoms. The maximum atomic E-state index is 6.01. The van der Waals surface area contributed by atoms with Gasteiger partial charge in [-0.2, -0.15) is 0 Å². The number of halogens is 1. The third kappa shape index (κ3) is 2.71. The minimum Gasteiger partial charge on any atom is -0.489 e. The van der Waals surface area contributed by atoms with Crippen LogP contribution in [0.3, 0.4) is 0 Å². The molecule has 0 saturated heterocycles. The lowest BCUT2D eigenvalue weighted by molar-refractivity contribution is 0.102. The van der Waals surface area contributed by atoms with Gasteiger partial charge >= 0.3 is 0 Å². The number of hydrogen-bond acceptors (Lipinski definition) is 2. The van der Waals surface area contributed by atoms with Crippen LogP contribution in [0.4, 0.5) is 0 Å². The Balaban J connectivity index is 2.04. The molecular weight excluding hydrogens is 254 g/mol. The fourth-order valence-electron chi connectivity index (χ4n) is 2.08. The Morgan fingerprint density at radius 1 is 1.40 bits per heavy atom. The number of nitrogens with zero attached hydrogens (tertiary/aromatic N) is 1. The molecule has 0 aliphatic heterocycles. The highest BCUT2D eigenvalue weighted by Crippen LogP contribution is 2.31. The Bertz CT molecular complexity index is 329. The van der Waals surface area contributed by atoms with Gasteiger partial charge in [0.2, 0.25) is 0 Å². The quantitative estimate of drug-likeness (QED) is 0.815. The zero-order chi connectivity index (χ0) is 10.7. The molecular formula is C12H16BrNO. The van der Waals surface area contributed by atoms with E-state index in [0.717, 1.165) is 10.2 Å². The van der Waals surface area contributed by atoms with Crippen molar-refractivity contribution in [2.45, 2.75) is 38.7 Å². The number of ether oxygens (including phenoxy) is 1. The molecule has 1 aliphatic carbocycles. The van der Waals surface area contributed by atoms with Crippen LogP contribution < -0.4 is 4.74 Å². The van der Waals surface area contributed by atoms with Gasteiger partial charge in [0.1, 0.15) is 11.9 Å². The number of aromatic nitrogens is 1. The second-order valence-electron chi connectivity index (χ2n) is 4.22. The van der Waals surface area contributed by atoms with Gasteiger partial charge in [-0.05, 0) is 47.2 Å². The second-order valence-corrected chi connectivity index (χ2v) is 5.08. The first-order chi connectivity index (χ1) is 7.27. The average Bonchev–Trinajstić information content (AvgIpc) is 2.24. The van der Waals surface area contributed by atoms with E-state index in [1.807, 2.05) is 6.07 Å². The summed E-state index contributed by atoms with van der Waals surface area (Å²) in [6.07, 6.45) is 9.02. The summed E-state index contributed by atoms with van der Waals surface area (Å²) in [5.74, 6) is 1.59. The Labute approximate surface area is 99.2 Å². The van der Waals surface area contributed by atoms with E-state index in [-0.39, 0.29) is 0 Å². The molecule has 1 saturated carbocycles. The van der Waals surface area contributed by atoms with Crippen LogP contribution in [0.1, 0.15) is 32.6 Å². The largest absolute Gasteiger partial charge is 0.489 e. The van der Waals surface area contributed by atoms with Crippen LogP contribution >= 0.6 is 15.9 Å². The third-order valence-corrected chi connectivity index (χ3v) is 3.64. The van der Waals surface area contributed by atoms with Crippen molar-refractivity contribution in [3.63, 3.8) is 0 Å². The van der Waals surface area contributed by atoms with Crippen molar-refractivity contribution in [3.05, 3.63) is 22.9 Å². The lowest BCUT2D eigenvalue weighted by atomic mass is 9.88. The fraction of sp³-hybridized carbons (Fsp3) is 0.583. The molecule has 3 heteroatoms. The Hall–Kier alpha value is -0.570. The molecule has 1 heterocycles. The molecule has 1 aromatic heterocycles. The molecule has 0 amide bonds. The standard InChI is InChI=1S/C12H16BrNO/c1-9-4-2-3-5-11(9)15-12-6-7-14-8-10(12)13/h6-9,11H,2-5H2,1H3. The lowest BCUT2D eigenvalue weighted by Crippen LogP contribution is -2.28. The molecule has 2 nitrogen and oxygen atoms in total. The minimum atomic E-state index is 0.373. The summed E-state index contributed by atoms with van der Waals surface area (Å²) in [6.45, 7) is 2.28. The molecule has 0 N–H and O–H groups in total. The SMILES string of the molecule is CC1CCCCC1Oc1ccncc1Br. The normalized spacial score (nSPS) is 26.3. The summed E-state index contributed by atoms with van der Waals surface area (Å²) in [5, 5.41) is 0.